The van der Waals surface area contributed by atoms with Gasteiger partial charge in [0, 0.05) is 6.42 Å². The number of carboxylic acid groups (broad SMARTS) is 1. The SMILES string of the molecule is CCCCCCCCCCCCCCCCCC(=O)C(=O)O.[AlH3]. The van der Waals surface area contributed by atoms with Crippen LogP contribution in [-0.2, 0) is 9.59 Å². The van der Waals surface area contributed by atoms with Crippen LogP contribution in [0, 0.1) is 0 Å². The van der Waals surface area contributed by atoms with Crippen molar-refractivity contribution in [2.75, 3.05) is 0 Å². The number of rotatable bonds is 17. The second-order valence-corrected chi connectivity index (χ2v) is 6.43. The molecule has 0 amide bonds. The fraction of sp³-hybridized carbons (Fsp3) is 0.895. The molecule has 0 unspecified atom stereocenters. The highest BCUT2D eigenvalue weighted by Crippen LogP contribution is 2.13. The Morgan fingerprint density at radius 2 is 0.913 bits per heavy atom. The molecule has 136 valence electrons. The summed E-state index contributed by atoms with van der Waals surface area (Å²) in [4.78, 5) is 21.2. The molecule has 1 N–H and O–H groups in total. The molecule has 0 bridgehead atoms. The fourth-order valence-electron chi connectivity index (χ4n) is 2.76. The molecule has 3 nitrogen and oxygen atoms in total. The Labute approximate surface area is 153 Å². The van der Waals surface area contributed by atoms with Gasteiger partial charge in [0.25, 0.3) is 0 Å². The molecule has 0 radical (unpaired) electrons. The highest BCUT2D eigenvalue weighted by Gasteiger charge is 2.09. The summed E-state index contributed by atoms with van der Waals surface area (Å²) in [6, 6.07) is 0. The summed E-state index contributed by atoms with van der Waals surface area (Å²) in [5, 5.41) is 8.45. The molecule has 0 aromatic carbocycles. The van der Waals surface area contributed by atoms with E-state index < -0.39 is 11.8 Å². The smallest absolute Gasteiger partial charge is 0.372 e. The van der Waals surface area contributed by atoms with Crippen molar-refractivity contribution in [3.05, 3.63) is 0 Å². The summed E-state index contributed by atoms with van der Waals surface area (Å²) >= 11 is 0. The van der Waals surface area contributed by atoms with Crippen molar-refractivity contribution >= 4 is 29.1 Å². The zero-order valence-electron chi connectivity index (χ0n) is 14.6. The summed E-state index contributed by atoms with van der Waals surface area (Å²) < 4.78 is 0. The number of carbonyl (C=O) groups is 2. The number of unbranched alkanes of at least 4 members (excludes halogenated alkanes) is 14. The molecular weight excluding hydrogens is 303 g/mol. The van der Waals surface area contributed by atoms with Gasteiger partial charge in [-0.3, -0.25) is 4.79 Å². The molecule has 0 rings (SSSR count). The van der Waals surface area contributed by atoms with Crippen LogP contribution < -0.4 is 0 Å². The Morgan fingerprint density at radius 3 is 1.22 bits per heavy atom. The largest absolute Gasteiger partial charge is 0.476 e. The Kier molecular flexibility index (Phi) is 21.4. The molecule has 0 aliphatic carbocycles. The summed E-state index contributed by atoms with van der Waals surface area (Å²) in [5.41, 5.74) is 0. The number of hydrogen-bond acceptors (Lipinski definition) is 2. The van der Waals surface area contributed by atoms with Crippen molar-refractivity contribution < 1.29 is 14.7 Å². The first kappa shape index (κ1) is 24.9. The highest BCUT2D eigenvalue weighted by molar-refractivity contribution is 6.32. The van der Waals surface area contributed by atoms with Crippen molar-refractivity contribution in [1.82, 2.24) is 0 Å². The minimum Gasteiger partial charge on any atom is -0.476 e. The van der Waals surface area contributed by atoms with Crippen LogP contribution in [0.5, 0.6) is 0 Å². The van der Waals surface area contributed by atoms with Gasteiger partial charge in [-0.25, -0.2) is 4.79 Å². The highest BCUT2D eigenvalue weighted by atomic mass is 27.0. The first-order chi connectivity index (χ1) is 10.7. The van der Waals surface area contributed by atoms with E-state index in [0.717, 1.165) is 19.3 Å². The van der Waals surface area contributed by atoms with Crippen LogP contribution in [0.4, 0.5) is 0 Å². The number of Topliss-reactive ketones (excluding diaryl/α,β-unsaturated/α-hetero) is 1. The Hall–Kier alpha value is -0.328. The van der Waals surface area contributed by atoms with Gasteiger partial charge in [0.05, 0.1) is 0 Å². The monoisotopic (exact) mass is 342 g/mol. The van der Waals surface area contributed by atoms with E-state index in [4.69, 9.17) is 5.11 Å². The lowest BCUT2D eigenvalue weighted by Gasteiger charge is -2.03. The van der Waals surface area contributed by atoms with Gasteiger partial charge in [0.2, 0.25) is 5.78 Å². The van der Waals surface area contributed by atoms with E-state index >= 15 is 0 Å². The van der Waals surface area contributed by atoms with Crippen molar-refractivity contribution in [3.8, 4) is 0 Å². The minimum absolute atomic E-state index is 0. The Morgan fingerprint density at radius 1 is 0.609 bits per heavy atom. The predicted octanol–water partition coefficient (Wildman–Crippen LogP) is 4.72. The molecule has 0 aromatic rings. The maximum Gasteiger partial charge on any atom is 0.372 e. The zero-order chi connectivity index (χ0) is 16.5. The number of carboxylic acids is 1. The average molecular weight is 342 g/mol. The number of ketones is 1. The quantitative estimate of drug-likeness (QED) is 0.236. The second kappa shape index (κ2) is 19.7. The first-order valence-corrected chi connectivity index (χ1v) is 9.44. The van der Waals surface area contributed by atoms with Crippen LogP contribution in [0.25, 0.3) is 0 Å². The van der Waals surface area contributed by atoms with E-state index in [0.29, 0.717) is 0 Å². The molecular formula is C19H39AlO3. The van der Waals surface area contributed by atoms with Gasteiger partial charge in [0.15, 0.2) is 17.4 Å². The standard InChI is InChI=1S/C19H36O3.Al.3H/c1-2-3-4-5-6-7-8-9-10-11-12-13-14-15-16-17-18(20)19(21)22;;;;/h2-17H2,1H3,(H,21,22);;;;. The van der Waals surface area contributed by atoms with Crippen molar-refractivity contribution in [2.24, 2.45) is 0 Å². The molecule has 0 aliphatic heterocycles. The van der Waals surface area contributed by atoms with Crippen LogP contribution in [0.2, 0.25) is 0 Å². The van der Waals surface area contributed by atoms with Crippen LogP contribution in [0.1, 0.15) is 110 Å². The van der Waals surface area contributed by atoms with Gasteiger partial charge >= 0.3 is 5.97 Å². The molecule has 4 heteroatoms. The molecule has 0 saturated heterocycles. The van der Waals surface area contributed by atoms with Gasteiger partial charge in [-0.2, -0.15) is 0 Å². The molecule has 0 aliphatic rings. The fourth-order valence-corrected chi connectivity index (χ4v) is 2.76. The molecule has 0 heterocycles. The Balaban J connectivity index is 0. The van der Waals surface area contributed by atoms with Gasteiger partial charge in [0.1, 0.15) is 0 Å². The van der Waals surface area contributed by atoms with Gasteiger partial charge in [-0.1, -0.05) is 96.8 Å². The third kappa shape index (κ3) is 19.6. The topological polar surface area (TPSA) is 54.4 Å². The van der Waals surface area contributed by atoms with Gasteiger partial charge < -0.3 is 5.11 Å². The summed E-state index contributed by atoms with van der Waals surface area (Å²) in [5.74, 6) is -1.93. The zero-order valence-corrected chi connectivity index (χ0v) is 14.6. The normalized spacial score (nSPS) is 10.3. The van der Waals surface area contributed by atoms with Gasteiger partial charge in [-0.15, -0.1) is 0 Å². The third-order valence-corrected chi connectivity index (χ3v) is 4.25. The van der Waals surface area contributed by atoms with Crippen molar-refractivity contribution in [2.45, 2.75) is 110 Å². The van der Waals surface area contributed by atoms with Gasteiger partial charge in [-0.05, 0) is 6.42 Å². The van der Waals surface area contributed by atoms with E-state index in [9.17, 15) is 9.59 Å². The molecule has 0 spiro atoms. The van der Waals surface area contributed by atoms with E-state index in [1.807, 2.05) is 0 Å². The summed E-state index contributed by atoms with van der Waals surface area (Å²) in [6.45, 7) is 2.26. The van der Waals surface area contributed by atoms with E-state index in [-0.39, 0.29) is 23.8 Å². The summed E-state index contributed by atoms with van der Waals surface area (Å²) in [6.07, 6.45) is 19.4. The number of hydrogen-bond donors (Lipinski definition) is 1. The maximum atomic E-state index is 10.9. The first-order valence-electron chi connectivity index (χ1n) is 9.44. The van der Waals surface area contributed by atoms with Crippen LogP contribution >= 0.6 is 0 Å². The lowest BCUT2D eigenvalue weighted by atomic mass is 10.0. The number of aliphatic carboxylic acids is 1. The molecule has 23 heavy (non-hydrogen) atoms. The van der Waals surface area contributed by atoms with E-state index in [1.54, 1.807) is 0 Å². The molecule has 0 fully saturated rings. The second-order valence-electron chi connectivity index (χ2n) is 6.43. The maximum absolute atomic E-state index is 10.9. The predicted molar refractivity (Wildman–Crippen MR) is 102 cm³/mol. The lowest BCUT2D eigenvalue weighted by molar-refractivity contribution is -0.149. The van der Waals surface area contributed by atoms with Crippen LogP contribution in [-0.4, -0.2) is 34.2 Å². The van der Waals surface area contributed by atoms with E-state index in [2.05, 4.69) is 6.92 Å². The lowest BCUT2D eigenvalue weighted by Crippen LogP contribution is -2.11. The van der Waals surface area contributed by atoms with Crippen LogP contribution in [0.3, 0.4) is 0 Å². The Bertz CT molecular complexity index is 280. The van der Waals surface area contributed by atoms with Crippen molar-refractivity contribution in [3.63, 3.8) is 0 Å². The molecule has 0 atom stereocenters. The third-order valence-electron chi connectivity index (χ3n) is 4.25. The van der Waals surface area contributed by atoms with E-state index in [1.165, 1.54) is 77.0 Å². The number of carbonyl (C=O) groups excluding carboxylic acids is 1. The summed E-state index contributed by atoms with van der Waals surface area (Å²) in [7, 11) is 0. The molecule has 0 saturated carbocycles. The molecule has 0 aromatic heterocycles. The average Bonchev–Trinajstić information content (AvgIpc) is 2.50. The van der Waals surface area contributed by atoms with Crippen molar-refractivity contribution in [1.29, 1.82) is 0 Å². The minimum atomic E-state index is -1.29. The van der Waals surface area contributed by atoms with Crippen LogP contribution in [0.15, 0.2) is 0 Å².